The molecule has 0 saturated carbocycles. The number of nitrogens with one attached hydrogen (secondary N) is 1. The van der Waals surface area contributed by atoms with Gasteiger partial charge in [-0.25, -0.2) is 8.42 Å². The molecule has 30 heavy (non-hydrogen) atoms. The molecule has 3 rings (SSSR count). The minimum atomic E-state index is -3.95. The molecular weight excluding hydrogens is 440 g/mol. The molecule has 1 amide bonds. The number of hydrogen-bond donors (Lipinski definition) is 1. The highest BCUT2D eigenvalue weighted by atomic mass is 35.5. The molecule has 8 heteroatoms. The Bertz CT molecular complexity index is 1130. The smallest absolute Gasteiger partial charge is 0.264 e. The fourth-order valence-corrected chi connectivity index (χ4v) is 5.38. The second-order valence-corrected chi connectivity index (χ2v) is 9.69. The van der Waals surface area contributed by atoms with Crippen molar-refractivity contribution in [3.8, 4) is 0 Å². The molecule has 1 aromatic heterocycles. The van der Waals surface area contributed by atoms with Crippen molar-refractivity contribution >= 4 is 44.6 Å². The number of nitrogens with zero attached hydrogens (tertiary/aromatic N) is 1. The van der Waals surface area contributed by atoms with E-state index >= 15 is 0 Å². The van der Waals surface area contributed by atoms with E-state index in [1.54, 1.807) is 47.7 Å². The molecule has 0 bridgehead atoms. The summed E-state index contributed by atoms with van der Waals surface area (Å²) in [7, 11) is -3.95. The summed E-state index contributed by atoms with van der Waals surface area (Å²) in [6.07, 6.45) is 2.21. The minimum absolute atomic E-state index is 0.00942. The van der Waals surface area contributed by atoms with Gasteiger partial charge in [-0.15, -0.1) is 17.9 Å². The van der Waals surface area contributed by atoms with E-state index in [0.29, 0.717) is 17.3 Å². The van der Waals surface area contributed by atoms with Crippen molar-refractivity contribution in [2.24, 2.45) is 0 Å². The third-order valence-corrected chi connectivity index (χ3v) is 7.37. The average molecular weight is 461 g/mol. The fraction of sp³-hybridized carbons (Fsp3) is 0.136. The van der Waals surface area contributed by atoms with E-state index in [1.165, 1.54) is 27.4 Å². The van der Waals surface area contributed by atoms with Crippen molar-refractivity contribution in [3.05, 3.63) is 94.2 Å². The second kappa shape index (κ2) is 9.93. The van der Waals surface area contributed by atoms with E-state index in [1.807, 2.05) is 17.5 Å². The van der Waals surface area contributed by atoms with Crippen LogP contribution < -0.4 is 9.62 Å². The summed E-state index contributed by atoms with van der Waals surface area (Å²) in [5.41, 5.74) is 0.629. The van der Waals surface area contributed by atoms with Crippen LogP contribution >= 0.6 is 22.9 Å². The maximum absolute atomic E-state index is 13.3. The number of hydrogen-bond acceptors (Lipinski definition) is 4. The van der Waals surface area contributed by atoms with Gasteiger partial charge in [0, 0.05) is 17.0 Å². The number of halogens is 1. The topological polar surface area (TPSA) is 66.5 Å². The third kappa shape index (κ3) is 5.11. The summed E-state index contributed by atoms with van der Waals surface area (Å²) < 4.78 is 27.8. The first kappa shape index (κ1) is 22.1. The van der Waals surface area contributed by atoms with Crippen LogP contribution in [-0.4, -0.2) is 27.4 Å². The molecule has 0 saturated heterocycles. The summed E-state index contributed by atoms with van der Waals surface area (Å²) in [5.74, 6) is -0.323. The van der Waals surface area contributed by atoms with Crippen LogP contribution in [0.25, 0.3) is 0 Å². The van der Waals surface area contributed by atoms with Crippen LogP contribution in [-0.2, 0) is 16.4 Å². The SMILES string of the molecule is C=CCN(c1ccccc1Cl)S(=O)(=O)c1cccc(C(=O)NCCc2cccs2)c1. The fourth-order valence-electron chi connectivity index (χ4n) is 2.88. The maximum atomic E-state index is 13.3. The summed E-state index contributed by atoms with van der Waals surface area (Å²) >= 11 is 7.85. The Morgan fingerprint density at radius 1 is 1.13 bits per heavy atom. The lowest BCUT2D eigenvalue weighted by Gasteiger charge is -2.24. The molecule has 0 aliphatic carbocycles. The van der Waals surface area contributed by atoms with Gasteiger partial charge < -0.3 is 5.32 Å². The second-order valence-electron chi connectivity index (χ2n) is 6.39. The predicted molar refractivity (Wildman–Crippen MR) is 123 cm³/mol. The minimum Gasteiger partial charge on any atom is -0.352 e. The quantitative estimate of drug-likeness (QED) is 0.468. The number of benzene rings is 2. The standard InChI is InChI=1S/C22H21ClN2O3S2/c1-2-14-25(21-11-4-3-10-20(21)23)30(27,28)19-9-5-7-17(16-19)22(26)24-13-12-18-8-6-15-29-18/h2-11,15-16H,1,12-14H2,(H,24,26). The first-order valence-electron chi connectivity index (χ1n) is 9.22. The van der Waals surface area contributed by atoms with Gasteiger partial charge in [-0.2, -0.15) is 0 Å². The number of carbonyl (C=O) groups is 1. The number of anilines is 1. The Hall–Kier alpha value is -2.61. The van der Waals surface area contributed by atoms with Crippen LogP contribution in [0.3, 0.4) is 0 Å². The number of thiophene rings is 1. The molecular formula is C22H21ClN2O3S2. The van der Waals surface area contributed by atoms with Crippen molar-refractivity contribution < 1.29 is 13.2 Å². The summed E-state index contributed by atoms with van der Waals surface area (Å²) in [6.45, 7) is 4.17. The largest absolute Gasteiger partial charge is 0.352 e. The van der Waals surface area contributed by atoms with Gasteiger partial charge in [-0.05, 0) is 48.2 Å². The highest BCUT2D eigenvalue weighted by Crippen LogP contribution is 2.30. The molecule has 0 aliphatic rings. The number of carbonyl (C=O) groups excluding carboxylic acids is 1. The zero-order valence-electron chi connectivity index (χ0n) is 16.1. The third-order valence-electron chi connectivity index (χ3n) is 4.34. The van der Waals surface area contributed by atoms with Gasteiger partial charge in [-0.3, -0.25) is 9.10 Å². The van der Waals surface area contributed by atoms with E-state index in [4.69, 9.17) is 11.6 Å². The average Bonchev–Trinajstić information content (AvgIpc) is 3.26. The molecule has 0 radical (unpaired) electrons. The number of amides is 1. The van der Waals surface area contributed by atoms with E-state index in [0.717, 1.165) is 6.42 Å². The normalized spacial score (nSPS) is 11.1. The van der Waals surface area contributed by atoms with Crippen LogP contribution in [0.1, 0.15) is 15.2 Å². The first-order chi connectivity index (χ1) is 14.4. The number of rotatable bonds is 9. The monoisotopic (exact) mass is 460 g/mol. The lowest BCUT2D eigenvalue weighted by molar-refractivity contribution is 0.0954. The van der Waals surface area contributed by atoms with E-state index in [2.05, 4.69) is 11.9 Å². The van der Waals surface area contributed by atoms with Crippen molar-refractivity contribution in [2.45, 2.75) is 11.3 Å². The van der Waals surface area contributed by atoms with Crippen molar-refractivity contribution in [1.82, 2.24) is 5.32 Å². The van der Waals surface area contributed by atoms with Gasteiger partial charge in [0.25, 0.3) is 15.9 Å². The Morgan fingerprint density at radius 2 is 1.93 bits per heavy atom. The molecule has 1 N–H and O–H groups in total. The van der Waals surface area contributed by atoms with E-state index in [9.17, 15) is 13.2 Å². The Balaban J connectivity index is 1.82. The number of para-hydroxylation sites is 1. The number of sulfonamides is 1. The first-order valence-corrected chi connectivity index (χ1v) is 11.9. The Labute approximate surface area is 185 Å². The molecule has 1 heterocycles. The van der Waals surface area contributed by atoms with Crippen LogP contribution in [0.15, 0.2) is 83.6 Å². The van der Waals surface area contributed by atoms with Crippen LogP contribution in [0.2, 0.25) is 5.02 Å². The molecule has 0 aliphatic heterocycles. The zero-order chi connectivity index (χ0) is 21.6. The van der Waals surface area contributed by atoms with Gasteiger partial charge in [0.15, 0.2) is 0 Å². The van der Waals surface area contributed by atoms with Gasteiger partial charge in [0.1, 0.15) is 0 Å². The predicted octanol–water partition coefficient (Wildman–Crippen LogP) is 4.76. The molecule has 156 valence electrons. The lowest BCUT2D eigenvalue weighted by atomic mass is 10.2. The van der Waals surface area contributed by atoms with Gasteiger partial charge in [0.05, 0.1) is 22.2 Å². The molecule has 0 fully saturated rings. The van der Waals surface area contributed by atoms with Crippen LogP contribution in [0.5, 0.6) is 0 Å². The maximum Gasteiger partial charge on any atom is 0.264 e. The summed E-state index contributed by atoms with van der Waals surface area (Å²) in [6, 6.07) is 16.7. The van der Waals surface area contributed by atoms with E-state index in [-0.39, 0.29) is 22.9 Å². The highest BCUT2D eigenvalue weighted by molar-refractivity contribution is 7.92. The van der Waals surface area contributed by atoms with E-state index < -0.39 is 10.0 Å². The van der Waals surface area contributed by atoms with Crippen LogP contribution in [0.4, 0.5) is 5.69 Å². The van der Waals surface area contributed by atoms with Gasteiger partial charge in [0.2, 0.25) is 0 Å². The van der Waals surface area contributed by atoms with Gasteiger partial charge in [-0.1, -0.05) is 41.9 Å². The zero-order valence-corrected chi connectivity index (χ0v) is 18.5. The van der Waals surface area contributed by atoms with Gasteiger partial charge >= 0.3 is 0 Å². The Morgan fingerprint density at radius 3 is 2.63 bits per heavy atom. The lowest BCUT2D eigenvalue weighted by Crippen LogP contribution is -2.32. The van der Waals surface area contributed by atoms with Crippen molar-refractivity contribution in [3.63, 3.8) is 0 Å². The molecule has 2 aromatic carbocycles. The van der Waals surface area contributed by atoms with Crippen molar-refractivity contribution in [2.75, 3.05) is 17.4 Å². The molecule has 5 nitrogen and oxygen atoms in total. The molecule has 0 atom stereocenters. The summed E-state index contributed by atoms with van der Waals surface area (Å²) in [4.78, 5) is 13.7. The highest BCUT2D eigenvalue weighted by Gasteiger charge is 2.26. The summed E-state index contributed by atoms with van der Waals surface area (Å²) in [5, 5.41) is 5.13. The molecule has 0 unspecified atom stereocenters. The Kier molecular flexibility index (Phi) is 7.31. The van der Waals surface area contributed by atoms with Crippen molar-refractivity contribution in [1.29, 1.82) is 0 Å². The molecule has 3 aromatic rings. The van der Waals surface area contributed by atoms with Crippen LogP contribution in [0, 0.1) is 0 Å². The molecule has 0 spiro atoms.